The Morgan fingerprint density at radius 2 is 2.18 bits per heavy atom. The van der Waals surface area contributed by atoms with Crippen molar-refractivity contribution in [2.24, 2.45) is 7.05 Å². The lowest BCUT2D eigenvalue weighted by Gasteiger charge is -2.04. The molecule has 6 heteroatoms. The highest BCUT2D eigenvalue weighted by molar-refractivity contribution is 5.85. The molecule has 1 rings (SSSR count). The van der Waals surface area contributed by atoms with Crippen molar-refractivity contribution in [1.82, 2.24) is 15.1 Å². The van der Waals surface area contributed by atoms with Crippen molar-refractivity contribution < 1.29 is 9.47 Å². The van der Waals surface area contributed by atoms with Gasteiger partial charge in [-0.2, -0.15) is 5.10 Å². The van der Waals surface area contributed by atoms with E-state index in [0.717, 1.165) is 31.8 Å². The zero-order chi connectivity index (χ0) is 11.6. The maximum Gasteiger partial charge on any atom is 0.0762 e. The lowest BCUT2D eigenvalue weighted by molar-refractivity contribution is 0.0694. The number of methoxy groups -OCH3 is 1. The lowest BCUT2D eigenvalue weighted by atomic mass is 10.4. The van der Waals surface area contributed by atoms with Crippen LogP contribution >= 0.6 is 12.4 Å². The summed E-state index contributed by atoms with van der Waals surface area (Å²) >= 11 is 0. The molecule has 0 fully saturated rings. The van der Waals surface area contributed by atoms with Gasteiger partial charge in [0, 0.05) is 33.5 Å². The Morgan fingerprint density at radius 3 is 2.82 bits per heavy atom. The average molecular weight is 264 g/mol. The first-order valence-corrected chi connectivity index (χ1v) is 5.59. The normalized spacial score (nSPS) is 10.2. The van der Waals surface area contributed by atoms with Crippen LogP contribution in [0, 0.1) is 0 Å². The molecule has 0 spiro atoms. The van der Waals surface area contributed by atoms with E-state index in [1.165, 1.54) is 0 Å². The number of nitrogens with zero attached hydrogens (tertiary/aromatic N) is 2. The van der Waals surface area contributed by atoms with Crippen LogP contribution in [0.5, 0.6) is 0 Å². The molecule has 0 radical (unpaired) electrons. The van der Waals surface area contributed by atoms with Crippen LogP contribution in [-0.2, 0) is 23.1 Å². The third-order valence-electron chi connectivity index (χ3n) is 2.15. The van der Waals surface area contributed by atoms with Crippen LogP contribution in [0.25, 0.3) is 0 Å². The molecule has 1 heterocycles. The first kappa shape index (κ1) is 16.4. The first-order chi connectivity index (χ1) is 7.83. The van der Waals surface area contributed by atoms with Gasteiger partial charge >= 0.3 is 0 Å². The number of hydrogen-bond acceptors (Lipinski definition) is 4. The fraction of sp³-hybridized carbons (Fsp3) is 0.727. The molecule has 17 heavy (non-hydrogen) atoms. The van der Waals surface area contributed by atoms with E-state index in [9.17, 15) is 0 Å². The Morgan fingerprint density at radius 1 is 1.35 bits per heavy atom. The van der Waals surface area contributed by atoms with E-state index in [1.54, 1.807) is 7.11 Å². The van der Waals surface area contributed by atoms with Crippen molar-refractivity contribution in [1.29, 1.82) is 0 Å². The molecule has 1 aromatic heterocycles. The standard InChI is InChI=1S/C11H21N3O2.ClH/c1-14-6-4-11(13-14)10-12-5-3-7-16-9-8-15-2;/h4,6,12H,3,5,7-10H2,1-2H3;1H. The van der Waals surface area contributed by atoms with E-state index >= 15 is 0 Å². The van der Waals surface area contributed by atoms with Gasteiger partial charge in [-0.05, 0) is 19.0 Å². The van der Waals surface area contributed by atoms with Crippen LogP contribution in [0.15, 0.2) is 12.3 Å². The van der Waals surface area contributed by atoms with Gasteiger partial charge in [-0.1, -0.05) is 0 Å². The molecule has 0 amide bonds. The third kappa shape index (κ3) is 8.15. The summed E-state index contributed by atoms with van der Waals surface area (Å²) in [6, 6.07) is 2.02. The van der Waals surface area contributed by atoms with E-state index < -0.39 is 0 Å². The second kappa shape index (κ2) is 10.5. The number of aryl methyl sites for hydroxylation is 1. The summed E-state index contributed by atoms with van der Waals surface area (Å²) in [6.07, 6.45) is 2.96. The quantitative estimate of drug-likeness (QED) is 0.675. The Labute approximate surface area is 109 Å². The van der Waals surface area contributed by atoms with Gasteiger partial charge in [-0.15, -0.1) is 12.4 Å². The molecule has 0 aromatic carbocycles. The van der Waals surface area contributed by atoms with Gasteiger partial charge in [0.2, 0.25) is 0 Å². The van der Waals surface area contributed by atoms with Crippen LogP contribution < -0.4 is 5.32 Å². The highest BCUT2D eigenvalue weighted by atomic mass is 35.5. The van der Waals surface area contributed by atoms with Gasteiger partial charge in [-0.3, -0.25) is 4.68 Å². The zero-order valence-electron chi connectivity index (χ0n) is 10.5. The van der Waals surface area contributed by atoms with Crippen molar-refractivity contribution in [3.8, 4) is 0 Å². The third-order valence-corrected chi connectivity index (χ3v) is 2.15. The van der Waals surface area contributed by atoms with Crippen molar-refractivity contribution >= 4 is 12.4 Å². The molecule has 1 aromatic rings. The Balaban J connectivity index is 0.00000256. The maximum absolute atomic E-state index is 5.35. The minimum absolute atomic E-state index is 0. The molecule has 100 valence electrons. The van der Waals surface area contributed by atoms with Crippen LogP contribution in [0.2, 0.25) is 0 Å². The van der Waals surface area contributed by atoms with E-state index in [-0.39, 0.29) is 12.4 Å². The SMILES string of the molecule is COCCOCCCNCc1ccn(C)n1.Cl. The fourth-order valence-electron chi connectivity index (χ4n) is 1.32. The molecule has 0 saturated carbocycles. The summed E-state index contributed by atoms with van der Waals surface area (Å²) in [6.45, 7) is 3.89. The summed E-state index contributed by atoms with van der Waals surface area (Å²) in [5, 5.41) is 7.59. The number of ether oxygens (including phenoxy) is 2. The minimum Gasteiger partial charge on any atom is -0.382 e. The smallest absolute Gasteiger partial charge is 0.0762 e. The predicted octanol–water partition coefficient (Wildman–Crippen LogP) is 0.985. The van der Waals surface area contributed by atoms with Crippen LogP contribution in [0.1, 0.15) is 12.1 Å². The largest absolute Gasteiger partial charge is 0.382 e. The highest BCUT2D eigenvalue weighted by Crippen LogP contribution is 1.92. The van der Waals surface area contributed by atoms with Crippen molar-refractivity contribution in [2.45, 2.75) is 13.0 Å². The van der Waals surface area contributed by atoms with Gasteiger partial charge in [0.05, 0.1) is 18.9 Å². The number of hydrogen-bond donors (Lipinski definition) is 1. The summed E-state index contributed by atoms with van der Waals surface area (Å²) < 4.78 is 12.0. The molecule has 0 aliphatic heterocycles. The zero-order valence-corrected chi connectivity index (χ0v) is 11.3. The molecule has 0 saturated heterocycles. The summed E-state index contributed by atoms with van der Waals surface area (Å²) in [5.41, 5.74) is 1.07. The maximum atomic E-state index is 5.35. The molecular formula is C11H22ClN3O2. The van der Waals surface area contributed by atoms with E-state index in [2.05, 4.69) is 10.4 Å². The summed E-state index contributed by atoms with van der Waals surface area (Å²) in [4.78, 5) is 0. The van der Waals surface area contributed by atoms with Gasteiger partial charge in [0.25, 0.3) is 0 Å². The van der Waals surface area contributed by atoms with Crippen LogP contribution in [0.3, 0.4) is 0 Å². The molecule has 1 N–H and O–H groups in total. The second-order valence-electron chi connectivity index (χ2n) is 3.62. The average Bonchev–Trinajstić information content (AvgIpc) is 2.68. The molecule has 0 bridgehead atoms. The summed E-state index contributed by atoms with van der Waals surface area (Å²) in [5.74, 6) is 0. The van der Waals surface area contributed by atoms with E-state index in [4.69, 9.17) is 9.47 Å². The number of aromatic nitrogens is 2. The molecular weight excluding hydrogens is 242 g/mol. The van der Waals surface area contributed by atoms with E-state index in [1.807, 2.05) is 24.0 Å². The monoisotopic (exact) mass is 263 g/mol. The van der Waals surface area contributed by atoms with Gasteiger partial charge in [0.1, 0.15) is 0 Å². The van der Waals surface area contributed by atoms with Crippen LogP contribution in [-0.4, -0.2) is 43.3 Å². The van der Waals surface area contributed by atoms with Crippen LogP contribution in [0.4, 0.5) is 0 Å². The molecule has 0 aliphatic carbocycles. The number of rotatable bonds is 9. The topological polar surface area (TPSA) is 48.3 Å². The van der Waals surface area contributed by atoms with Crippen molar-refractivity contribution in [3.05, 3.63) is 18.0 Å². The predicted molar refractivity (Wildman–Crippen MR) is 69.5 cm³/mol. The van der Waals surface area contributed by atoms with Crippen molar-refractivity contribution in [3.63, 3.8) is 0 Å². The van der Waals surface area contributed by atoms with Gasteiger partial charge in [-0.25, -0.2) is 0 Å². The molecule has 0 aliphatic rings. The van der Waals surface area contributed by atoms with Gasteiger partial charge in [0.15, 0.2) is 0 Å². The second-order valence-corrected chi connectivity index (χ2v) is 3.62. The first-order valence-electron chi connectivity index (χ1n) is 5.59. The number of halogens is 1. The molecule has 5 nitrogen and oxygen atoms in total. The lowest BCUT2D eigenvalue weighted by Crippen LogP contribution is -2.17. The Kier molecular flexibility index (Phi) is 10.1. The summed E-state index contributed by atoms with van der Waals surface area (Å²) in [7, 11) is 3.60. The van der Waals surface area contributed by atoms with E-state index in [0.29, 0.717) is 13.2 Å². The number of nitrogens with one attached hydrogen (secondary N) is 1. The highest BCUT2D eigenvalue weighted by Gasteiger charge is 1.95. The van der Waals surface area contributed by atoms with Crippen molar-refractivity contribution in [2.75, 3.05) is 33.5 Å². The van der Waals surface area contributed by atoms with Gasteiger partial charge < -0.3 is 14.8 Å². The molecule has 0 atom stereocenters. The fourth-order valence-corrected chi connectivity index (χ4v) is 1.32. The Hall–Kier alpha value is -0.620. The Bertz CT molecular complexity index is 281. The minimum atomic E-state index is 0. The molecule has 0 unspecified atom stereocenters.